The van der Waals surface area contributed by atoms with Crippen molar-refractivity contribution >= 4 is 29.5 Å². The number of hydrogen-bond donors (Lipinski definition) is 0. The summed E-state index contributed by atoms with van der Waals surface area (Å²) in [4.78, 5) is 48.2. The lowest BCUT2D eigenvalue weighted by molar-refractivity contribution is -0.136. The zero-order valence-electron chi connectivity index (χ0n) is 14.8. The van der Waals surface area contributed by atoms with Gasteiger partial charge in [-0.1, -0.05) is 0 Å². The van der Waals surface area contributed by atoms with E-state index in [1.54, 1.807) is 6.92 Å². The van der Waals surface area contributed by atoms with Crippen LogP contribution in [0.1, 0.15) is 32.1 Å². The van der Waals surface area contributed by atoms with Gasteiger partial charge in [0.1, 0.15) is 5.56 Å². The topological polar surface area (TPSA) is 110 Å². The van der Waals surface area contributed by atoms with Crippen molar-refractivity contribution in [2.75, 3.05) is 28.4 Å². The van der Waals surface area contributed by atoms with Crippen LogP contribution in [0.2, 0.25) is 0 Å². The number of hydrogen-bond acceptors (Lipinski definition) is 8. The lowest BCUT2D eigenvalue weighted by Crippen LogP contribution is -2.16. The van der Waals surface area contributed by atoms with Crippen LogP contribution in [0.3, 0.4) is 0 Å². The van der Waals surface area contributed by atoms with Crippen molar-refractivity contribution in [1.29, 1.82) is 0 Å². The van der Waals surface area contributed by atoms with Crippen LogP contribution in [0, 0.1) is 6.92 Å². The molecular weight excluding hydrogens is 334 g/mol. The number of ether oxygens (including phenoxy) is 4. The molecule has 25 heavy (non-hydrogen) atoms. The Kier molecular flexibility index (Phi) is 6.49. The van der Waals surface area contributed by atoms with Crippen molar-refractivity contribution in [3.63, 3.8) is 0 Å². The van der Waals surface area contributed by atoms with E-state index in [0.717, 1.165) is 34.5 Å². The predicted molar refractivity (Wildman–Crippen MR) is 84.8 cm³/mol. The molecule has 0 amide bonds. The normalized spacial score (nSPS) is 10.9. The number of esters is 4. The summed E-state index contributed by atoms with van der Waals surface area (Å²) in [6.07, 6.45) is 0.869. The number of methoxy groups -OCH3 is 4. The minimum absolute atomic E-state index is 0.0259. The number of rotatable bonds is 5. The lowest BCUT2D eigenvalue weighted by Gasteiger charge is -2.10. The molecule has 0 saturated heterocycles. The average molecular weight is 353 g/mol. The Bertz CT molecular complexity index is 757. The van der Waals surface area contributed by atoms with E-state index < -0.39 is 23.9 Å². The first-order valence-electron chi connectivity index (χ1n) is 6.99. The van der Waals surface area contributed by atoms with E-state index in [1.165, 1.54) is 11.6 Å². The lowest BCUT2D eigenvalue weighted by atomic mass is 10.0. The standard InChI is InChI=1S/C16H19NO8/c1-8-11(15(20)24-5)12(16(21)25-6)13(17(8)2)9(14(19)23-4)7-10(18)22-3/h7H,1-6H3/b9-7-. The average Bonchev–Trinajstić information content (AvgIpc) is 2.88. The molecule has 1 heterocycles. The minimum atomic E-state index is -0.896. The summed E-state index contributed by atoms with van der Waals surface area (Å²) < 4.78 is 20.0. The van der Waals surface area contributed by atoms with Crippen molar-refractivity contribution in [3.8, 4) is 0 Å². The fourth-order valence-corrected chi connectivity index (χ4v) is 2.28. The molecule has 0 aliphatic rings. The quantitative estimate of drug-likeness (QED) is 0.431. The van der Waals surface area contributed by atoms with Crippen molar-refractivity contribution in [3.05, 3.63) is 28.6 Å². The van der Waals surface area contributed by atoms with E-state index in [-0.39, 0.29) is 22.4 Å². The van der Waals surface area contributed by atoms with Gasteiger partial charge in [0.15, 0.2) is 0 Å². The predicted octanol–water partition coefficient (Wildman–Crippen LogP) is 0.636. The Morgan fingerprint density at radius 1 is 0.840 bits per heavy atom. The first-order chi connectivity index (χ1) is 11.7. The molecule has 9 nitrogen and oxygen atoms in total. The van der Waals surface area contributed by atoms with E-state index in [2.05, 4.69) is 9.47 Å². The molecule has 1 aromatic heterocycles. The van der Waals surface area contributed by atoms with Gasteiger partial charge in [0.05, 0.1) is 45.3 Å². The number of carbonyl (C=O) groups excluding carboxylic acids is 4. The van der Waals surface area contributed by atoms with Crippen LogP contribution < -0.4 is 0 Å². The molecule has 1 rings (SSSR count). The first-order valence-corrected chi connectivity index (χ1v) is 6.99. The number of carbonyl (C=O) groups is 4. The second-order valence-corrected chi connectivity index (χ2v) is 4.80. The van der Waals surface area contributed by atoms with Gasteiger partial charge in [0.25, 0.3) is 0 Å². The molecule has 1 aromatic rings. The molecule has 0 fully saturated rings. The van der Waals surface area contributed by atoms with Crippen molar-refractivity contribution < 1.29 is 38.1 Å². The summed E-state index contributed by atoms with van der Waals surface area (Å²) in [6, 6.07) is 0. The van der Waals surface area contributed by atoms with E-state index in [9.17, 15) is 19.2 Å². The van der Waals surface area contributed by atoms with Gasteiger partial charge in [-0.2, -0.15) is 0 Å². The van der Waals surface area contributed by atoms with Crippen LogP contribution in [-0.2, 0) is 35.6 Å². The van der Waals surface area contributed by atoms with Crippen LogP contribution in [0.25, 0.3) is 5.57 Å². The SMILES string of the molecule is COC(=O)/C=C(\C(=O)OC)c1c(C(=O)OC)c(C(=O)OC)c(C)n1C. The van der Waals surface area contributed by atoms with E-state index in [4.69, 9.17) is 9.47 Å². The van der Waals surface area contributed by atoms with Gasteiger partial charge in [0, 0.05) is 18.8 Å². The van der Waals surface area contributed by atoms with E-state index in [0.29, 0.717) is 5.69 Å². The smallest absolute Gasteiger partial charge is 0.340 e. The molecule has 0 unspecified atom stereocenters. The van der Waals surface area contributed by atoms with E-state index >= 15 is 0 Å². The Labute approximate surface area is 144 Å². The summed E-state index contributed by atoms with van der Waals surface area (Å²) in [5.74, 6) is -3.40. The van der Waals surface area contributed by atoms with Gasteiger partial charge in [-0.15, -0.1) is 0 Å². The van der Waals surface area contributed by atoms with Gasteiger partial charge in [-0.3, -0.25) is 0 Å². The second-order valence-electron chi connectivity index (χ2n) is 4.80. The van der Waals surface area contributed by atoms with Crippen LogP contribution in [-0.4, -0.2) is 56.9 Å². The third-order valence-corrected chi connectivity index (χ3v) is 3.59. The molecule has 0 radical (unpaired) electrons. The highest BCUT2D eigenvalue weighted by Gasteiger charge is 2.33. The number of nitrogens with zero attached hydrogens (tertiary/aromatic N) is 1. The molecular formula is C16H19NO8. The molecule has 0 spiro atoms. The fourth-order valence-electron chi connectivity index (χ4n) is 2.28. The highest BCUT2D eigenvalue weighted by Crippen LogP contribution is 2.30. The van der Waals surface area contributed by atoms with Crippen molar-refractivity contribution in [2.45, 2.75) is 6.92 Å². The van der Waals surface area contributed by atoms with Gasteiger partial charge < -0.3 is 23.5 Å². The Hall–Kier alpha value is -3.10. The molecule has 0 aliphatic carbocycles. The summed E-state index contributed by atoms with van der Waals surface area (Å²) in [7, 11) is 6.03. The van der Waals surface area contributed by atoms with Gasteiger partial charge in [-0.25, -0.2) is 19.2 Å². The largest absolute Gasteiger partial charge is 0.466 e. The molecule has 0 atom stereocenters. The summed E-state index contributed by atoms with van der Waals surface area (Å²) in [5, 5.41) is 0. The molecule has 0 N–H and O–H groups in total. The van der Waals surface area contributed by atoms with Crippen molar-refractivity contribution in [2.24, 2.45) is 7.05 Å². The molecule has 9 heteroatoms. The molecule has 136 valence electrons. The van der Waals surface area contributed by atoms with Crippen molar-refractivity contribution in [1.82, 2.24) is 4.57 Å². The Morgan fingerprint density at radius 2 is 1.36 bits per heavy atom. The zero-order chi connectivity index (χ0) is 19.3. The zero-order valence-corrected chi connectivity index (χ0v) is 14.8. The van der Waals surface area contributed by atoms with Gasteiger partial charge in [-0.05, 0) is 6.92 Å². The Balaban J connectivity index is 3.91. The summed E-state index contributed by atoms with van der Waals surface area (Å²) in [5.41, 5.74) is -0.249. The maximum absolute atomic E-state index is 12.3. The third kappa shape index (κ3) is 3.70. The Morgan fingerprint density at radius 3 is 1.80 bits per heavy atom. The monoisotopic (exact) mass is 353 g/mol. The second kappa shape index (κ2) is 8.13. The van der Waals surface area contributed by atoms with Crippen LogP contribution in [0.4, 0.5) is 0 Å². The molecule has 0 saturated carbocycles. The highest BCUT2D eigenvalue weighted by atomic mass is 16.5. The molecule has 0 bridgehead atoms. The number of aromatic nitrogens is 1. The minimum Gasteiger partial charge on any atom is -0.466 e. The summed E-state index contributed by atoms with van der Waals surface area (Å²) >= 11 is 0. The van der Waals surface area contributed by atoms with Crippen LogP contribution >= 0.6 is 0 Å². The van der Waals surface area contributed by atoms with Crippen LogP contribution in [0.5, 0.6) is 0 Å². The highest BCUT2D eigenvalue weighted by molar-refractivity contribution is 6.23. The van der Waals surface area contributed by atoms with Gasteiger partial charge >= 0.3 is 23.9 Å². The first kappa shape index (κ1) is 19.9. The fraction of sp³-hybridized carbons (Fsp3) is 0.375. The third-order valence-electron chi connectivity index (χ3n) is 3.59. The van der Waals surface area contributed by atoms with Crippen LogP contribution in [0.15, 0.2) is 6.08 Å². The van der Waals surface area contributed by atoms with E-state index in [1.807, 2.05) is 0 Å². The molecule has 0 aromatic carbocycles. The maximum atomic E-state index is 12.3. The molecule has 0 aliphatic heterocycles. The summed E-state index contributed by atoms with van der Waals surface area (Å²) in [6.45, 7) is 1.55. The maximum Gasteiger partial charge on any atom is 0.340 e. The van der Waals surface area contributed by atoms with Gasteiger partial charge in [0.2, 0.25) is 0 Å².